The van der Waals surface area contributed by atoms with Gasteiger partial charge in [-0.1, -0.05) is 19.8 Å². The Morgan fingerprint density at radius 1 is 1.24 bits per heavy atom. The second-order valence-corrected chi connectivity index (χ2v) is 8.16. The van der Waals surface area contributed by atoms with Crippen LogP contribution in [0.25, 0.3) is 0 Å². The molecular formula is C14H26N2O4S. The molecule has 2 N–H and O–H groups in total. The van der Waals surface area contributed by atoms with Crippen LogP contribution in [0.15, 0.2) is 0 Å². The number of carboxylic acids is 1. The maximum absolute atomic E-state index is 12.4. The van der Waals surface area contributed by atoms with Crippen LogP contribution in [-0.2, 0) is 15.0 Å². The molecular weight excluding hydrogens is 292 g/mol. The highest BCUT2D eigenvalue weighted by Crippen LogP contribution is 2.28. The third-order valence-electron chi connectivity index (χ3n) is 4.65. The van der Waals surface area contributed by atoms with Crippen molar-refractivity contribution in [2.45, 2.75) is 57.9 Å². The van der Waals surface area contributed by atoms with Crippen LogP contribution in [-0.4, -0.2) is 42.9 Å². The van der Waals surface area contributed by atoms with Gasteiger partial charge in [0.1, 0.15) is 6.04 Å². The summed E-state index contributed by atoms with van der Waals surface area (Å²) in [6.45, 7) is 2.93. The number of nitrogens with zero attached hydrogens (tertiary/aromatic N) is 1. The van der Waals surface area contributed by atoms with E-state index < -0.39 is 22.2 Å². The smallest absolute Gasteiger partial charge is 0.322 e. The van der Waals surface area contributed by atoms with Gasteiger partial charge in [0, 0.05) is 13.1 Å². The number of hydrogen-bond donors (Lipinski definition) is 2. The molecule has 2 aliphatic rings. The van der Waals surface area contributed by atoms with Crippen molar-refractivity contribution in [2.24, 2.45) is 11.8 Å². The molecule has 6 nitrogen and oxygen atoms in total. The lowest BCUT2D eigenvalue weighted by Crippen LogP contribution is -2.52. The Labute approximate surface area is 127 Å². The zero-order valence-electron chi connectivity index (χ0n) is 12.6. The van der Waals surface area contributed by atoms with Crippen molar-refractivity contribution in [2.75, 3.05) is 13.1 Å². The molecule has 7 heteroatoms. The third kappa shape index (κ3) is 4.40. The molecule has 3 atom stereocenters. The van der Waals surface area contributed by atoms with E-state index in [4.69, 9.17) is 0 Å². The van der Waals surface area contributed by atoms with Crippen LogP contribution in [0.3, 0.4) is 0 Å². The Kier molecular flexibility index (Phi) is 5.62. The lowest BCUT2D eigenvalue weighted by atomic mass is 9.83. The summed E-state index contributed by atoms with van der Waals surface area (Å²) in [6.07, 6.45) is 6.36. The minimum atomic E-state index is -3.69. The molecule has 2 rings (SSSR count). The van der Waals surface area contributed by atoms with Gasteiger partial charge in [0.2, 0.25) is 0 Å². The predicted molar refractivity (Wildman–Crippen MR) is 80.0 cm³/mol. The van der Waals surface area contributed by atoms with Crippen LogP contribution in [0.4, 0.5) is 0 Å². The van der Waals surface area contributed by atoms with Crippen molar-refractivity contribution >= 4 is 16.2 Å². The molecule has 0 aromatic heterocycles. The number of carbonyl (C=O) groups is 1. The summed E-state index contributed by atoms with van der Waals surface area (Å²) < 4.78 is 28.5. The van der Waals surface area contributed by atoms with E-state index in [1.54, 1.807) is 0 Å². The summed E-state index contributed by atoms with van der Waals surface area (Å²) in [6, 6.07) is -0.915. The first-order valence-electron chi connectivity index (χ1n) is 7.89. The summed E-state index contributed by atoms with van der Waals surface area (Å²) in [5.41, 5.74) is 0. The van der Waals surface area contributed by atoms with E-state index in [-0.39, 0.29) is 0 Å². The molecule has 21 heavy (non-hydrogen) atoms. The topological polar surface area (TPSA) is 86.7 Å². The quantitative estimate of drug-likeness (QED) is 0.806. The fourth-order valence-electron chi connectivity index (χ4n) is 3.49. The standard InChI is InChI=1S/C14H26N2O4S/c1-11-5-4-6-12(9-11)10-15-21(19,20)16-8-3-2-7-13(16)14(17)18/h11-13,15H,2-10H2,1H3,(H,17,18). The highest BCUT2D eigenvalue weighted by atomic mass is 32.2. The lowest BCUT2D eigenvalue weighted by molar-refractivity contribution is -0.142. The molecule has 0 bridgehead atoms. The molecule has 0 amide bonds. The van der Waals surface area contributed by atoms with E-state index in [9.17, 15) is 18.3 Å². The first-order valence-corrected chi connectivity index (χ1v) is 9.33. The van der Waals surface area contributed by atoms with Gasteiger partial charge in [-0.3, -0.25) is 4.79 Å². The van der Waals surface area contributed by atoms with Gasteiger partial charge in [0.15, 0.2) is 0 Å². The van der Waals surface area contributed by atoms with E-state index in [1.807, 2.05) is 0 Å². The highest BCUT2D eigenvalue weighted by molar-refractivity contribution is 7.87. The van der Waals surface area contributed by atoms with E-state index in [2.05, 4.69) is 11.6 Å². The van der Waals surface area contributed by atoms with Crippen LogP contribution in [0.1, 0.15) is 51.9 Å². The fraction of sp³-hybridized carbons (Fsp3) is 0.929. The maximum Gasteiger partial charge on any atom is 0.322 e. The zero-order chi connectivity index (χ0) is 15.5. The van der Waals surface area contributed by atoms with Gasteiger partial charge in [0.05, 0.1) is 0 Å². The average molecular weight is 318 g/mol. The summed E-state index contributed by atoms with van der Waals surface area (Å²) >= 11 is 0. The van der Waals surface area contributed by atoms with Crippen LogP contribution in [0.2, 0.25) is 0 Å². The van der Waals surface area contributed by atoms with Crippen molar-refractivity contribution in [3.05, 3.63) is 0 Å². The zero-order valence-corrected chi connectivity index (χ0v) is 13.4. The second kappa shape index (κ2) is 7.07. The fourth-order valence-corrected chi connectivity index (χ4v) is 5.00. The molecule has 0 spiro atoms. The molecule has 0 aromatic carbocycles. The second-order valence-electron chi connectivity index (χ2n) is 6.45. The van der Waals surface area contributed by atoms with E-state index in [1.165, 1.54) is 6.42 Å². The Morgan fingerprint density at radius 3 is 2.67 bits per heavy atom. The van der Waals surface area contributed by atoms with Gasteiger partial charge >= 0.3 is 5.97 Å². The van der Waals surface area contributed by atoms with Crippen LogP contribution < -0.4 is 4.72 Å². The minimum absolute atomic E-state index is 0.299. The number of carboxylic acid groups (broad SMARTS) is 1. The Morgan fingerprint density at radius 2 is 2.00 bits per heavy atom. The third-order valence-corrected chi connectivity index (χ3v) is 6.23. The van der Waals surface area contributed by atoms with Crippen molar-refractivity contribution in [3.63, 3.8) is 0 Å². The van der Waals surface area contributed by atoms with E-state index in [0.717, 1.165) is 36.4 Å². The molecule has 1 aliphatic carbocycles. The Hall–Kier alpha value is -0.660. The summed E-state index contributed by atoms with van der Waals surface area (Å²) in [5.74, 6) is -0.0297. The van der Waals surface area contributed by atoms with Crippen molar-refractivity contribution < 1.29 is 18.3 Å². The van der Waals surface area contributed by atoms with Crippen molar-refractivity contribution in [3.8, 4) is 0 Å². The largest absolute Gasteiger partial charge is 0.480 e. The first kappa shape index (κ1) is 16.7. The van der Waals surface area contributed by atoms with Gasteiger partial charge < -0.3 is 5.11 Å². The molecule has 0 radical (unpaired) electrons. The highest BCUT2D eigenvalue weighted by Gasteiger charge is 2.36. The molecule has 1 saturated carbocycles. The van der Waals surface area contributed by atoms with Crippen LogP contribution >= 0.6 is 0 Å². The number of rotatable bonds is 5. The van der Waals surface area contributed by atoms with Crippen LogP contribution in [0.5, 0.6) is 0 Å². The summed E-state index contributed by atoms with van der Waals surface area (Å²) in [5, 5.41) is 9.19. The van der Waals surface area contributed by atoms with Gasteiger partial charge in [-0.15, -0.1) is 0 Å². The van der Waals surface area contributed by atoms with Crippen molar-refractivity contribution in [1.29, 1.82) is 0 Å². The predicted octanol–water partition coefficient (Wildman–Crippen LogP) is 1.59. The van der Waals surface area contributed by atoms with E-state index >= 15 is 0 Å². The lowest BCUT2D eigenvalue weighted by Gasteiger charge is -2.33. The van der Waals surface area contributed by atoms with Gasteiger partial charge in [-0.05, 0) is 43.9 Å². The van der Waals surface area contributed by atoms with Gasteiger partial charge in [-0.2, -0.15) is 12.7 Å². The average Bonchev–Trinajstić information content (AvgIpc) is 2.45. The molecule has 1 aliphatic heterocycles. The Balaban J connectivity index is 1.95. The molecule has 2 fully saturated rings. The minimum Gasteiger partial charge on any atom is -0.480 e. The summed E-state index contributed by atoms with van der Waals surface area (Å²) in [4.78, 5) is 11.2. The molecule has 1 saturated heterocycles. The SMILES string of the molecule is CC1CCCC(CNS(=O)(=O)N2CCCCC2C(=O)O)C1. The van der Waals surface area contributed by atoms with Crippen LogP contribution in [0, 0.1) is 11.8 Å². The number of piperidine rings is 1. The number of aliphatic carboxylic acids is 1. The normalized spacial score (nSPS) is 32.0. The van der Waals surface area contributed by atoms with Gasteiger partial charge in [0.25, 0.3) is 10.2 Å². The molecule has 1 heterocycles. The molecule has 0 aromatic rings. The van der Waals surface area contributed by atoms with Crippen molar-refractivity contribution in [1.82, 2.24) is 9.03 Å². The van der Waals surface area contributed by atoms with E-state index in [0.29, 0.717) is 31.3 Å². The monoisotopic (exact) mass is 318 g/mol. The Bertz CT molecular complexity index is 466. The van der Waals surface area contributed by atoms with Gasteiger partial charge in [-0.25, -0.2) is 4.72 Å². The summed E-state index contributed by atoms with van der Waals surface area (Å²) in [7, 11) is -3.69. The maximum atomic E-state index is 12.4. The molecule has 3 unspecified atom stereocenters. The number of nitrogens with one attached hydrogen (secondary N) is 1. The first-order chi connectivity index (χ1) is 9.90. The number of hydrogen-bond acceptors (Lipinski definition) is 3. The molecule has 122 valence electrons.